The van der Waals surface area contributed by atoms with E-state index in [0.717, 1.165) is 6.42 Å². The first-order valence-corrected chi connectivity index (χ1v) is 6.90. The van der Waals surface area contributed by atoms with Gasteiger partial charge in [0, 0.05) is 20.0 Å². The highest BCUT2D eigenvalue weighted by Crippen LogP contribution is 2.08. The first-order valence-electron chi connectivity index (χ1n) is 6.90. The van der Waals surface area contributed by atoms with E-state index in [2.05, 4.69) is 13.8 Å². The predicted molar refractivity (Wildman–Crippen MR) is 74.0 cm³/mol. The highest BCUT2D eigenvalue weighted by atomic mass is 16.5. The predicted octanol–water partition coefficient (Wildman–Crippen LogP) is 2.15. The molecule has 0 spiro atoms. The van der Waals surface area contributed by atoms with Crippen LogP contribution < -0.4 is 0 Å². The number of carbonyl (C=O) groups excluding carboxylic acids is 1. The Labute approximate surface area is 115 Å². The largest absolute Gasteiger partial charge is 0.481 e. The summed E-state index contributed by atoms with van der Waals surface area (Å²) >= 11 is 0. The lowest BCUT2D eigenvalue weighted by Gasteiger charge is -2.18. The molecule has 1 atom stereocenters. The van der Waals surface area contributed by atoms with E-state index in [9.17, 15) is 9.59 Å². The lowest BCUT2D eigenvalue weighted by molar-refractivity contribution is -0.138. The number of carboxylic acids is 1. The van der Waals surface area contributed by atoms with E-state index in [-0.39, 0.29) is 18.4 Å². The minimum Gasteiger partial charge on any atom is -0.481 e. The first-order chi connectivity index (χ1) is 8.82. The van der Waals surface area contributed by atoms with Crippen molar-refractivity contribution >= 4 is 11.9 Å². The number of aliphatic carboxylic acids is 1. The number of carbonyl (C=O) groups is 2. The zero-order valence-corrected chi connectivity index (χ0v) is 12.5. The van der Waals surface area contributed by atoms with Crippen LogP contribution in [0, 0.1) is 5.92 Å². The van der Waals surface area contributed by atoms with E-state index in [1.165, 1.54) is 0 Å². The second-order valence-corrected chi connectivity index (χ2v) is 5.37. The fraction of sp³-hybridized carbons (Fsp3) is 0.857. The zero-order valence-electron chi connectivity index (χ0n) is 12.5. The van der Waals surface area contributed by atoms with Crippen LogP contribution >= 0.6 is 0 Å². The van der Waals surface area contributed by atoms with Gasteiger partial charge in [-0.2, -0.15) is 0 Å². The van der Waals surface area contributed by atoms with Gasteiger partial charge in [-0.25, -0.2) is 0 Å². The van der Waals surface area contributed by atoms with Gasteiger partial charge in [0.15, 0.2) is 0 Å². The Hall–Kier alpha value is -1.10. The van der Waals surface area contributed by atoms with Crippen molar-refractivity contribution in [3.05, 3.63) is 0 Å². The maximum Gasteiger partial charge on any atom is 0.303 e. The number of nitrogens with zero attached hydrogens (tertiary/aromatic N) is 1. The molecule has 0 saturated heterocycles. The number of hydrogen-bond donors (Lipinski definition) is 1. The van der Waals surface area contributed by atoms with Crippen molar-refractivity contribution in [3.8, 4) is 0 Å². The Morgan fingerprint density at radius 2 is 1.84 bits per heavy atom. The number of carboxylic acid groups (broad SMARTS) is 1. The van der Waals surface area contributed by atoms with E-state index in [1.54, 1.807) is 11.9 Å². The number of hydrogen-bond acceptors (Lipinski definition) is 3. The molecule has 0 fully saturated rings. The monoisotopic (exact) mass is 273 g/mol. The van der Waals surface area contributed by atoms with Crippen LogP contribution in [-0.2, 0) is 14.3 Å². The molecule has 0 aliphatic heterocycles. The molecule has 0 rings (SSSR count). The normalized spacial score (nSPS) is 12.5. The van der Waals surface area contributed by atoms with Crippen LogP contribution in [0.5, 0.6) is 0 Å². The van der Waals surface area contributed by atoms with Crippen molar-refractivity contribution in [3.63, 3.8) is 0 Å². The molecule has 19 heavy (non-hydrogen) atoms. The van der Waals surface area contributed by atoms with Gasteiger partial charge in [-0.3, -0.25) is 9.59 Å². The van der Waals surface area contributed by atoms with Crippen molar-refractivity contribution in [2.24, 2.45) is 5.92 Å². The molecule has 1 N–H and O–H groups in total. The molecule has 1 unspecified atom stereocenters. The zero-order chi connectivity index (χ0) is 14.8. The third kappa shape index (κ3) is 10.5. The summed E-state index contributed by atoms with van der Waals surface area (Å²) in [4.78, 5) is 23.7. The third-order valence-corrected chi connectivity index (χ3v) is 2.83. The summed E-state index contributed by atoms with van der Waals surface area (Å²) in [5.74, 6) is -0.238. The molecule has 5 nitrogen and oxygen atoms in total. The van der Waals surface area contributed by atoms with Gasteiger partial charge in [0.2, 0.25) is 5.91 Å². The first kappa shape index (κ1) is 17.9. The Morgan fingerprint density at radius 1 is 1.21 bits per heavy atom. The van der Waals surface area contributed by atoms with Crippen LogP contribution in [0.4, 0.5) is 0 Å². The smallest absolute Gasteiger partial charge is 0.303 e. The highest BCUT2D eigenvalue weighted by molar-refractivity contribution is 5.76. The molecule has 112 valence electrons. The summed E-state index contributed by atoms with van der Waals surface area (Å²) in [5.41, 5.74) is 0. The minimum atomic E-state index is -0.827. The van der Waals surface area contributed by atoms with Crippen LogP contribution in [0.25, 0.3) is 0 Å². The van der Waals surface area contributed by atoms with E-state index in [1.807, 2.05) is 6.92 Å². The van der Waals surface area contributed by atoms with Crippen LogP contribution in [0.1, 0.15) is 46.5 Å². The Morgan fingerprint density at radius 3 is 2.37 bits per heavy atom. The fourth-order valence-electron chi connectivity index (χ4n) is 1.86. The van der Waals surface area contributed by atoms with Gasteiger partial charge in [0.1, 0.15) is 0 Å². The quantitative estimate of drug-likeness (QED) is 0.662. The summed E-state index contributed by atoms with van der Waals surface area (Å²) in [6, 6.07) is 0. The van der Waals surface area contributed by atoms with Gasteiger partial charge in [-0.1, -0.05) is 13.8 Å². The molecule has 0 radical (unpaired) electrons. The summed E-state index contributed by atoms with van der Waals surface area (Å²) in [5, 5.41) is 8.52. The van der Waals surface area contributed by atoms with E-state index in [4.69, 9.17) is 9.84 Å². The molecule has 0 aromatic rings. The van der Waals surface area contributed by atoms with Crippen LogP contribution in [0.3, 0.4) is 0 Å². The lowest BCUT2D eigenvalue weighted by Crippen LogP contribution is -2.29. The molecular formula is C14H27NO4. The molecule has 0 bridgehead atoms. The maximum absolute atomic E-state index is 11.7. The second kappa shape index (κ2) is 9.78. The Balaban J connectivity index is 3.70. The summed E-state index contributed by atoms with van der Waals surface area (Å²) < 4.78 is 5.57. The van der Waals surface area contributed by atoms with Crippen molar-refractivity contribution in [1.82, 2.24) is 4.90 Å². The Bertz CT molecular complexity index is 279. The molecule has 0 aromatic heterocycles. The molecular weight excluding hydrogens is 246 g/mol. The number of rotatable bonds is 10. The Kier molecular flexibility index (Phi) is 9.21. The SMILES string of the molecule is CC(C)CC(C)OCCC(=O)N(C)CCCC(=O)O. The van der Waals surface area contributed by atoms with Gasteiger partial charge in [-0.05, 0) is 25.7 Å². The molecule has 0 aromatic carbocycles. The summed E-state index contributed by atoms with van der Waals surface area (Å²) in [7, 11) is 1.70. The average Bonchev–Trinajstić information content (AvgIpc) is 2.26. The van der Waals surface area contributed by atoms with Crippen molar-refractivity contribution in [2.45, 2.75) is 52.6 Å². The topological polar surface area (TPSA) is 66.8 Å². The van der Waals surface area contributed by atoms with Gasteiger partial charge < -0.3 is 14.7 Å². The van der Waals surface area contributed by atoms with E-state index >= 15 is 0 Å². The second-order valence-electron chi connectivity index (χ2n) is 5.37. The van der Waals surface area contributed by atoms with Crippen molar-refractivity contribution in [1.29, 1.82) is 0 Å². The summed E-state index contributed by atoms with van der Waals surface area (Å²) in [6.45, 7) is 7.20. The molecule has 0 aliphatic carbocycles. The van der Waals surface area contributed by atoms with E-state index in [0.29, 0.717) is 31.9 Å². The molecule has 0 saturated carbocycles. The van der Waals surface area contributed by atoms with Gasteiger partial charge in [-0.15, -0.1) is 0 Å². The molecule has 5 heteroatoms. The standard InChI is InChI=1S/C14H27NO4/c1-11(2)10-12(3)19-9-7-13(16)15(4)8-5-6-14(17)18/h11-12H,5-10H2,1-4H3,(H,17,18). The van der Waals surface area contributed by atoms with Gasteiger partial charge in [0.25, 0.3) is 0 Å². The number of amides is 1. The van der Waals surface area contributed by atoms with Crippen molar-refractivity contribution < 1.29 is 19.4 Å². The van der Waals surface area contributed by atoms with E-state index < -0.39 is 5.97 Å². The molecule has 0 aliphatic rings. The van der Waals surface area contributed by atoms with Crippen LogP contribution in [0.2, 0.25) is 0 Å². The van der Waals surface area contributed by atoms with Crippen LogP contribution in [-0.4, -0.2) is 48.2 Å². The maximum atomic E-state index is 11.7. The highest BCUT2D eigenvalue weighted by Gasteiger charge is 2.11. The fourth-order valence-corrected chi connectivity index (χ4v) is 1.86. The number of ether oxygens (including phenoxy) is 1. The average molecular weight is 273 g/mol. The van der Waals surface area contributed by atoms with Gasteiger partial charge in [0.05, 0.1) is 19.1 Å². The summed E-state index contributed by atoms with van der Waals surface area (Å²) in [6.07, 6.45) is 2.10. The molecule has 0 heterocycles. The molecule has 1 amide bonds. The third-order valence-electron chi connectivity index (χ3n) is 2.83. The lowest BCUT2D eigenvalue weighted by atomic mass is 10.1. The van der Waals surface area contributed by atoms with Gasteiger partial charge >= 0.3 is 5.97 Å². The van der Waals surface area contributed by atoms with Crippen LogP contribution in [0.15, 0.2) is 0 Å². The minimum absolute atomic E-state index is 0.00198. The van der Waals surface area contributed by atoms with Crippen molar-refractivity contribution in [2.75, 3.05) is 20.2 Å².